The number of anilines is 1. The Labute approximate surface area is 146 Å². The molecule has 1 spiro atoms. The second kappa shape index (κ2) is 7.13. The maximum atomic E-state index is 5.99. The van der Waals surface area contributed by atoms with Gasteiger partial charge in [-0.3, -0.25) is 9.88 Å². The molecule has 0 aromatic carbocycles. The van der Waals surface area contributed by atoms with Crippen molar-refractivity contribution in [3.05, 3.63) is 35.6 Å². The van der Waals surface area contributed by atoms with E-state index in [4.69, 9.17) is 4.74 Å². The molecule has 0 bridgehead atoms. The van der Waals surface area contributed by atoms with Crippen LogP contribution in [0.2, 0.25) is 0 Å². The van der Waals surface area contributed by atoms with Crippen LogP contribution in [0.1, 0.15) is 18.4 Å². The number of hydrogen-bond acceptors (Lipinski definition) is 7. The summed E-state index contributed by atoms with van der Waals surface area (Å²) in [6.45, 7) is 6.74. The summed E-state index contributed by atoms with van der Waals surface area (Å²) in [5, 5.41) is 9.29. The highest BCUT2D eigenvalue weighted by Gasteiger charge is 2.39. The molecule has 1 unspecified atom stereocenters. The Kier molecular flexibility index (Phi) is 4.73. The molecule has 2 aliphatic heterocycles. The standard InChI is InChI=1S/C17H23N5OS/c1-4-17(11-21(7-1)10-15-2-5-18-6-3-15)12-22(8-9-23-13-17)16-20-19-14-24-16/h2-3,5-6,14H,1,4,7-13H2. The topological polar surface area (TPSA) is 54.4 Å². The number of aromatic nitrogens is 3. The van der Waals surface area contributed by atoms with Crippen LogP contribution < -0.4 is 4.90 Å². The third-order valence-electron chi connectivity index (χ3n) is 4.96. The lowest BCUT2D eigenvalue weighted by atomic mass is 9.80. The van der Waals surface area contributed by atoms with Gasteiger partial charge in [-0.2, -0.15) is 0 Å². The summed E-state index contributed by atoms with van der Waals surface area (Å²) in [5.74, 6) is 0. The first-order valence-corrected chi connectivity index (χ1v) is 9.41. The van der Waals surface area contributed by atoms with Crippen molar-refractivity contribution in [3.8, 4) is 0 Å². The summed E-state index contributed by atoms with van der Waals surface area (Å²) in [6.07, 6.45) is 6.19. The second-order valence-electron chi connectivity index (χ2n) is 6.87. The van der Waals surface area contributed by atoms with Gasteiger partial charge in [0.1, 0.15) is 5.51 Å². The van der Waals surface area contributed by atoms with E-state index in [1.807, 2.05) is 17.9 Å². The van der Waals surface area contributed by atoms with Crippen LogP contribution in [-0.4, -0.2) is 59.5 Å². The summed E-state index contributed by atoms with van der Waals surface area (Å²) in [4.78, 5) is 9.04. The number of rotatable bonds is 3. The van der Waals surface area contributed by atoms with Gasteiger partial charge in [0.2, 0.25) is 5.13 Å². The molecule has 2 aromatic heterocycles. The highest BCUT2D eigenvalue weighted by Crippen LogP contribution is 2.35. The van der Waals surface area contributed by atoms with E-state index in [1.165, 1.54) is 18.4 Å². The van der Waals surface area contributed by atoms with Crippen molar-refractivity contribution in [1.82, 2.24) is 20.1 Å². The smallest absolute Gasteiger partial charge is 0.208 e. The van der Waals surface area contributed by atoms with E-state index in [0.29, 0.717) is 0 Å². The van der Waals surface area contributed by atoms with Gasteiger partial charge in [-0.15, -0.1) is 10.2 Å². The Morgan fingerprint density at radius 3 is 2.96 bits per heavy atom. The molecule has 2 aromatic rings. The van der Waals surface area contributed by atoms with Crippen molar-refractivity contribution in [1.29, 1.82) is 0 Å². The van der Waals surface area contributed by atoms with E-state index >= 15 is 0 Å². The molecule has 0 radical (unpaired) electrons. The predicted molar refractivity (Wildman–Crippen MR) is 94.1 cm³/mol. The predicted octanol–water partition coefficient (Wildman–Crippen LogP) is 2.05. The molecule has 4 heterocycles. The molecule has 7 heteroatoms. The maximum Gasteiger partial charge on any atom is 0.208 e. The minimum absolute atomic E-state index is 0.188. The van der Waals surface area contributed by atoms with E-state index in [9.17, 15) is 0 Å². The molecule has 4 rings (SSSR count). The fourth-order valence-corrected chi connectivity index (χ4v) is 4.49. The van der Waals surface area contributed by atoms with Gasteiger partial charge in [0.25, 0.3) is 0 Å². The van der Waals surface area contributed by atoms with Crippen LogP contribution in [0.25, 0.3) is 0 Å². The quantitative estimate of drug-likeness (QED) is 0.849. The van der Waals surface area contributed by atoms with E-state index in [0.717, 1.165) is 51.1 Å². The fourth-order valence-electron chi connectivity index (χ4n) is 3.90. The Hall–Kier alpha value is -1.57. The zero-order valence-corrected chi connectivity index (χ0v) is 14.6. The molecule has 0 saturated carbocycles. The summed E-state index contributed by atoms with van der Waals surface area (Å²) >= 11 is 1.62. The molecule has 24 heavy (non-hydrogen) atoms. The highest BCUT2D eigenvalue weighted by atomic mass is 32.1. The van der Waals surface area contributed by atoms with Gasteiger partial charge >= 0.3 is 0 Å². The lowest BCUT2D eigenvalue weighted by molar-refractivity contribution is 0.0106. The Morgan fingerprint density at radius 2 is 2.12 bits per heavy atom. The second-order valence-corrected chi connectivity index (χ2v) is 7.68. The SMILES string of the molecule is c1cc(CN2CCCC3(COCCN(c4nncs4)C3)C2)ccn1. The van der Waals surface area contributed by atoms with Gasteiger partial charge in [0, 0.05) is 44.0 Å². The Balaban J connectivity index is 1.48. The molecule has 6 nitrogen and oxygen atoms in total. The van der Waals surface area contributed by atoms with Crippen LogP contribution in [0.5, 0.6) is 0 Å². The molecule has 2 fully saturated rings. The fraction of sp³-hybridized carbons (Fsp3) is 0.588. The van der Waals surface area contributed by atoms with E-state index in [2.05, 4.69) is 37.1 Å². The van der Waals surface area contributed by atoms with Crippen LogP contribution >= 0.6 is 11.3 Å². The molecule has 0 amide bonds. The Bertz CT molecular complexity index is 638. The molecule has 2 aliphatic rings. The van der Waals surface area contributed by atoms with Crippen LogP contribution in [0.4, 0.5) is 5.13 Å². The van der Waals surface area contributed by atoms with Crippen molar-refractivity contribution in [3.63, 3.8) is 0 Å². The van der Waals surface area contributed by atoms with Gasteiger partial charge in [-0.25, -0.2) is 0 Å². The summed E-state index contributed by atoms with van der Waals surface area (Å²) < 4.78 is 5.99. The van der Waals surface area contributed by atoms with E-state index < -0.39 is 0 Å². The molecule has 0 aliphatic carbocycles. The highest BCUT2D eigenvalue weighted by molar-refractivity contribution is 7.13. The van der Waals surface area contributed by atoms with Crippen molar-refractivity contribution >= 4 is 16.5 Å². The van der Waals surface area contributed by atoms with Crippen molar-refractivity contribution < 1.29 is 4.74 Å². The van der Waals surface area contributed by atoms with Crippen LogP contribution in [0, 0.1) is 5.41 Å². The number of nitrogens with zero attached hydrogens (tertiary/aromatic N) is 5. The first-order chi connectivity index (χ1) is 11.8. The molecule has 128 valence electrons. The van der Waals surface area contributed by atoms with Gasteiger partial charge in [-0.05, 0) is 37.1 Å². The summed E-state index contributed by atoms with van der Waals surface area (Å²) in [7, 11) is 0. The monoisotopic (exact) mass is 345 g/mol. The third kappa shape index (κ3) is 3.58. The van der Waals surface area contributed by atoms with Crippen molar-refractivity contribution in [2.24, 2.45) is 5.41 Å². The number of piperidine rings is 1. The molecular weight excluding hydrogens is 322 g/mol. The first kappa shape index (κ1) is 15.9. The lowest BCUT2D eigenvalue weighted by Gasteiger charge is -2.43. The van der Waals surface area contributed by atoms with Crippen LogP contribution in [-0.2, 0) is 11.3 Å². The maximum absolute atomic E-state index is 5.99. The van der Waals surface area contributed by atoms with Crippen LogP contribution in [0.15, 0.2) is 30.0 Å². The minimum atomic E-state index is 0.188. The number of ether oxygens (including phenoxy) is 1. The van der Waals surface area contributed by atoms with Crippen molar-refractivity contribution in [2.45, 2.75) is 19.4 Å². The van der Waals surface area contributed by atoms with Gasteiger partial charge in [0.05, 0.1) is 13.2 Å². The molecule has 1 atom stereocenters. The van der Waals surface area contributed by atoms with Crippen LogP contribution in [0.3, 0.4) is 0 Å². The van der Waals surface area contributed by atoms with Gasteiger partial charge in [-0.1, -0.05) is 11.3 Å². The average molecular weight is 345 g/mol. The van der Waals surface area contributed by atoms with Crippen molar-refractivity contribution in [2.75, 3.05) is 44.3 Å². The van der Waals surface area contributed by atoms with E-state index in [-0.39, 0.29) is 5.41 Å². The minimum Gasteiger partial charge on any atom is -0.379 e. The third-order valence-corrected chi connectivity index (χ3v) is 5.71. The molecular formula is C17H23N5OS. The van der Waals surface area contributed by atoms with Gasteiger partial charge in [0.15, 0.2) is 0 Å². The lowest BCUT2D eigenvalue weighted by Crippen LogP contribution is -2.50. The number of likely N-dealkylation sites (tertiary alicyclic amines) is 1. The zero-order valence-electron chi connectivity index (χ0n) is 13.8. The zero-order chi connectivity index (χ0) is 16.2. The Morgan fingerprint density at radius 1 is 1.21 bits per heavy atom. The average Bonchev–Trinajstić information content (AvgIpc) is 3.07. The summed E-state index contributed by atoms with van der Waals surface area (Å²) in [6, 6.07) is 4.22. The normalized spacial score (nSPS) is 25.8. The summed E-state index contributed by atoms with van der Waals surface area (Å²) in [5.41, 5.74) is 3.33. The molecule has 0 N–H and O–H groups in total. The number of hydrogen-bond donors (Lipinski definition) is 0. The van der Waals surface area contributed by atoms with E-state index in [1.54, 1.807) is 11.3 Å². The number of pyridine rings is 1. The molecule has 2 saturated heterocycles. The largest absolute Gasteiger partial charge is 0.379 e. The van der Waals surface area contributed by atoms with Gasteiger partial charge < -0.3 is 9.64 Å². The first-order valence-electron chi connectivity index (χ1n) is 8.53.